The molecule has 1 N–H and O–H groups in total. The van der Waals surface area contributed by atoms with Crippen LogP contribution < -0.4 is 5.32 Å². The van der Waals surface area contributed by atoms with Gasteiger partial charge in [-0.2, -0.15) is 0 Å². The van der Waals surface area contributed by atoms with Crippen molar-refractivity contribution in [1.82, 2.24) is 4.98 Å². The molecule has 0 aliphatic rings. The fourth-order valence-corrected chi connectivity index (χ4v) is 1.47. The number of methoxy groups -OCH3 is 1. The zero-order chi connectivity index (χ0) is 10.6. The molecule has 0 aromatic carbocycles. The molecular weight excluding hydrogens is 291 g/mol. The molecule has 1 unspecified atom stereocenters. The highest BCUT2D eigenvalue weighted by atomic mass is 127. The Kier molecular flexibility index (Phi) is 4.60. The number of nitrogens with one attached hydrogen (secondary N) is 1. The minimum atomic E-state index is 0.284. The van der Waals surface area contributed by atoms with Crippen LogP contribution in [-0.4, -0.2) is 24.7 Å². The van der Waals surface area contributed by atoms with Crippen LogP contribution in [0.4, 0.5) is 5.82 Å². The number of rotatable bonds is 4. The van der Waals surface area contributed by atoms with Gasteiger partial charge in [0.1, 0.15) is 5.82 Å². The number of aryl methyl sites for hydroxylation is 1. The number of nitrogens with zero attached hydrogens (tertiary/aromatic N) is 1. The van der Waals surface area contributed by atoms with E-state index in [4.69, 9.17) is 4.74 Å². The van der Waals surface area contributed by atoms with Gasteiger partial charge in [-0.1, -0.05) is 0 Å². The van der Waals surface area contributed by atoms with Crippen LogP contribution in [0.5, 0.6) is 0 Å². The fraction of sp³-hybridized carbons (Fsp3) is 0.500. The minimum Gasteiger partial charge on any atom is -0.383 e. The molecular formula is C10H15IN2O. The Hall–Kier alpha value is -0.360. The average Bonchev–Trinajstić information content (AvgIpc) is 2.12. The van der Waals surface area contributed by atoms with Crippen molar-refractivity contribution in [2.24, 2.45) is 0 Å². The summed E-state index contributed by atoms with van der Waals surface area (Å²) >= 11 is 2.28. The summed E-state index contributed by atoms with van der Waals surface area (Å²) < 4.78 is 6.23. The van der Waals surface area contributed by atoms with E-state index in [9.17, 15) is 0 Å². The van der Waals surface area contributed by atoms with E-state index in [0.717, 1.165) is 11.5 Å². The summed E-state index contributed by atoms with van der Waals surface area (Å²) in [6.45, 7) is 4.76. The van der Waals surface area contributed by atoms with Crippen LogP contribution in [0.3, 0.4) is 0 Å². The summed E-state index contributed by atoms with van der Waals surface area (Å²) in [4.78, 5) is 4.42. The molecule has 0 aliphatic carbocycles. The predicted octanol–water partition coefficient (Wildman–Crippen LogP) is 2.44. The molecule has 1 atom stereocenters. The molecule has 0 saturated carbocycles. The molecule has 78 valence electrons. The minimum absolute atomic E-state index is 0.284. The van der Waals surface area contributed by atoms with E-state index in [1.807, 2.05) is 13.0 Å². The highest BCUT2D eigenvalue weighted by Gasteiger charge is 2.03. The molecule has 0 amide bonds. The molecule has 1 heterocycles. The van der Waals surface area contributed by atoms with Crippen molar-refractivity contribution < 1.29 is 4.74 Å². The van der Waals surface area contributed by atoms with Gasteiger partial charge in [0.15, 0.2) is 0 Å². The monoisotopic (exact) mass is 306 g/mol. The number of hydrogen-bond donors (Lipinski definition) is 1. The average molecular weight is 306 g/mol. The van der Waals surface area contributed by atoms with Crippen molar-refractivity contribution in [2.75, 3.05) is 19.0 Å². The van der Waals surface area contributed by atoms with Crippen LogP contribution in [0.2, 0.25) is 0 Å². The number of pyridine rings is 1. The van der Waals surface area contributed by atoms with Gasteiger partial charge >= 0.3 is 0 Å². The Bertz CT molecular complexity index is 304. The maximum atomic E-state index is 5.04. The van der Waals surface area contributed by atoms with Crippen LogP contribution in [-0.2, 0) is 4.74 Å². The zero-order valence-corrected chi connectivity index (χ0v) is 10.8. The Morgan fingerprint density at radius 2 is 2.29 bits per heavy atom. The quantitative estimate of drug-likeness (QED) is 0.868. The van der Waals surface area contributed by atoms with Crippen molar-refractivity contribution >= 4 is 28.4 Å². The highest BCUT2D eigenvalue weighted by Crippen LogP contribution is 2.13. The molecule has 1 rings (SSSR count). The fourth-order valence-electron chi connectivity index (χ4n) is 1.17. The second-order valence-electron chi connectivity index (χ2n) is 3.26. The second-order valence-corrected chi connectivity index (χ2v) is 4.43. The van der Waals surface area contributed by atoms with E-state index in [1.165, 1.54) is 3.57 Å². The van der Waals surface area contributed by atoms with Gasteiger partial charge in [0.05, 0.1) is 12.3 Å². The largest absolute Gasteiger partial charge is 0.383 e. The van der Waals surface area contributed by atoms with Crippen LogP contribution in [0.15, 0.2) is 12.1 Å². The van der Waals surface area contributed by atoms with Gasteiger partial charge in [-0.3, -0.25) is 0 Å². The molecule has 0 aliphatic heterocycles. The summed E-state index contributed by atoms with van der Waals surface area (Å²) in [5.41, 5.74) is 1.06. The summed E-state index contributed by atoms with van der Waals surface area (Å²) in [5.74, 6) is 0.910. The zero-order valence-electron chi connectivity index (χ0n) is 8.67. The maximum absolute atomic E-state index is 5.04. The lowest BCUT2D eigenvalue weighted by molar-refractivity contribution is 0.190. The van der Waals surface area contributed by atoms with Gasteiger partial charge in [-0.05, 0) is 48.6 Å². The molecule has 0 fully saturated rings. The van der Waals surface area contributed by atoms with E-state index in [2.05, 4.69) is 45.9 Å². The molecule has 0 saturated heterocycles. The van der Waals surface area contributed by atoms with Gasteiger partial charge < -0.3 is 10.1 Å². The number of halogens is 1. The SMILES string of the molecule is COCC(C)Nc1ccc(I)c(C)n1. The molecule has 4 heteroatoms. The Morgan fingerprint density at radius 3 is 2.86 bits per heavy atom. The summed E-state index contributed by atoms with van der Waals surface area (Å²) in [6, 6.07) is 4.33. The summed E-state index contributed by atoms with van der Waals surface area (Å²) in [6.07, 6.45) is 0. The number of anilines is 1. The number of hydrogen-bond acceptors (Lipinski definition) is 3. The Labute approximate surface area is 98.4 Å². The first-order chi connectivity index (χ1) is 6.63. The topological polar surface area (TPSA) is 34.1 Å². The third-order valence-corrected chi connectivity index (χ3v) is 2.97. The van der Waals surface area contributed by atoms with Crippen LogP contribution in [0.1, 0.15) is 12.6 Å². The standard InChI is InChI=1S/C10H15IN2O/c1-7(6-14-3)12-10-5-4-9(11)8(2)13-10/h4-5,7H,6H2,1-3H3,(H,12,13). The first-order valence-corrected chi connectivity index (χ1v) is 5.60. The molecule has 3 nitrogen and oxygen atoms in total. The van der Waals surface area contributed by atoms with Gasteiger partial charge in [0.25, 0.3) is 0 Å². The Morgan fingerprint density at radius 1 is 1.57 bits per heavy atom. The van der Waals surface area contributed by atoms with E-state index in [0.29, 0.717) is 6.61 Å². The molecule has 1 aromatic rings. The number of ether oxygens (including phenoxy) is 1. The van der Waals surface area contributed by atoms with E-state index >= 15 is 0 Å². The molecule has 14 heavy (non-hydrogen) atoms. The van der Waals surface area contributed by atoms with Gasteiger partial charge in [0, 0.05) is 16.7 Å². The van der Waals surface area contributed by atoms with Crippen LogP contribution >= 0.6 is 22.6 Å². The van der Waals surface area contributed by atoms with Crippen molar-refractivity contribution in [3.05, 3.63) is 21.4 Å². The van der Waals surface area contributed by atoms with Crippen molar-refractivity contribution in [3.8, 4) is 0 Å². The molecule has 0 spiro atoms. The normalized spacial score (nSPS) is 12.6. The molecule has 0 radical (unpaired) electrons. The molecule has 1 aromatic heterocycles. The van der Waals surface area contributed by atoms with Crippen LogP contribution in [0.25, 0.3) is 0 Å². The summed E-state index contributed by atoms with van der Waals surface area (Å²) in [7, 11) is 1.70. The lowest BCUT2D eigenvalue weighted by Gasteiger charge is -2.13. The van der Waals surface area contributed by atoms with Gasteiger partial charge in [0.2, 0.25) is 0 Å². The van der Waals surface area contributed by atoms with Crippen molar-refractivity contribution in [3.63, 3.8) is 0 Å². The van der Waals surface area contributed by atoms with E-state index in [-0.39, 0.29) is 6.04 Å². The lowest BCUT2D eigenvalue weighted by atomic mass is 10.3. The first kappa shape index (κ1) is 11.7. The van der Waals surface area contributed by atoms with E-state index in [1.54, 1.807) is 7.11 Å². The predicted molar refractivity (Wildman–Crippen MR) is 66.7 cm³/mol. The first-order valence-electron chi connectivity index (χ1n) is 4.52. The van der Waals surface area contributed by atoms with Gasteiger partial charge in [-0.15, -0.1) is 0 Å². The third-order valence-electron chi connectivity index (χ3n) is 1.83. The van der Waals surface area contributed by atoms with Crippen molar-refractivity contribution in [1.29, 1.82) is 0 Å². The van der Waals surface area contributed by atoms with E-state index < -0.39 is 0 Å². The maximum Gasteiger partial charge on any atom is 0.126 e. The summed E-state index contributed by atoms with van der Waals surface area (Å²) in [5, 5.41) is 3.27. The molecule has 0 bridgehead atoms. The lowest BCUT2D eigenvalue weighted by Crippen LogP contribution is -2.21. The van der Waals surface area contributed by atoms with Gasteiger partial charge in [-0.25, -0.2) is 4.98 Å². The number of aromatic nitrogens is 1. The Balaban J connectivity index is 2.63. The third kappa shape index (κ3) is 3.42. The smallest absolute Gasteiger partial charge is 0.126 e. The van der Waals surface area contributed by atoms with Crippen molar-refractivity contribution in [2.45, 2.75) is 19.9 Å². The highest BCUT2D eigenvalue weighted by molar-refractivity contribution is 14.1. The van der Waals surface area contributed by atoms with Crippen LogP contribution in [0, 0.1) is 10.5 Å². The second kappa shape index (κ2) is 5.50.